The summed E-state index contributed by atoms with van der Waals surface area (Å²) in [4.78, 5) is 0. The number of rotatable bonds is 6. The Morgan fingerprint density at radius 2 is 2.00 bits per heavy atom. The van der Waals surface area contributed by atoms with E-state index in [1.54, 1.807) is 0 Å². The van der Waals surface area contributed by atoms with Crippen LogP contribution in [0, 0.1) is 11.8 Å². The summed E-state index contributed by atoms with van der Waals surface area (Å²) in [5.41, 5.74) is 0. The molecular formula is C13H27NS. The van der Waals surface area contributed by atoms with Crippen LogP contribution < -0.4 is 5.32 Å². The average Bonchev–Trinajstić information content (AvgIpc) is 2.23. The summed E-state index contributed by atoms with van der Waals surface area (Å²) in [6, 6.07) is 0.794. The van der Waals surface area contributed by atoms with Crippen molar-refractivity contribution in [1.29, 1.82) is 0 Å². The first kappa shape index (κ1) is 13.4. The fourth-order valence-corrected chi connectivity index (χ4v) is 2.97. The standard InChI is InChI=1S/C13H27NS/c1-11-6-7-12(2)13(10-11)14-8-4-5-9-15-3/h11-14H,4-10H2,1-3H3. The summed E-state index contributed by atoms with van der Waals surface area (Å²) in [6.07, 6.45) is 9.15. The Kier molecular flexibility index (Phi) is 6.74. The molecule has 3 unspecified atom stereocenters. The van der Waals surface area contributed by atoms with Gasteiger partial charge in [0.2, 0.25) is 0 Å². The van der Waals surface area contributed by atoms with Crippen molar-refractivity contribution in [2.75, 3.05) is 18.6 Å². The van der Waals surface area contributed by atoms with Gasteiger partial charge in [-0.1, -0.05) is 20.3 Å². The van der Waals surface area contributed by atoms with E-state index in [0.717, 1.165) is 17.9 Å². The van der Waals surface area contributed by atoms with Gasteiger partial charge in [0.1, 0.15) is 0 Å². The maximum atomic E-state index is 3.75. The summed E-state index contributed by atoms with van der Waals surface area (Å²) < 4.78 is 0. The van der Waals surface area contributed by atoms with Crippen LogP contribution in [0.1, 0.15) is 46.0 Å². The third kappa shape index (κ3) is 5.26. The van der Waals surface area contributed by atoms with Gasteiger partial charge in [0.05, 0.1) is 0 Å². The molecule has 90 valence electrons. The maximum Gasteiger partial charge on any atom is 0.00952 e. The molecule has 0 amide bonds. The zero-order valence-electron chi connectivity index (χ0n) is 10.6. The van der Waals surface area contributed by atoms with Gasteiger partial charge in [-0.25, -0.2) is 0 Å². The number of hydrogen-bond donors (Lipinski definition) is 1. The normalized spacial score (nSPS) is 31.8. The minimum atomic E-state index is 0.794. The Bertz CT molecular complexity index is 161. The molecule has 1 fully saturated rings. The molecule has 0 bridgehead atoms. The summed E-state index contributed by atoms with van der Waals surface area (Å²) in [6.45, 7) is 6.03. The minimum absolute atomic E-state index is 0.794. The molecule has 1 rings (SSSR count). The monoisotopic (exact) mass is 229 g/mol. The van der Waals surface area contributed by atoms with E-state index >= 15 is 0 Å². The topological polar surface area (TPSA) is 12.0 Å². The molecule has 0 radical (unpaired) electrons. The molecule has 1 aliphatic carbocycles. The van der Waals surface area contributed by atoms with Crippen LogP contribution in [-0.2, 0) is 0 Å². The van der Waals surface area contributed by atoms with Crippen molar-refractivity contribution >= 4 is 11.8 Å². The number of thioether (sulfide) groups is 1. The smallest absolute Gasteiger partial charge is 0.00952 e. The van der Waals surface area contributed by atoms with Crippen molar-refractivity contribution in [2.24, 2.45) is 11.8 Å². The molecule has 3 atom stereocenters. The lowest BCUT2D eigenvalue weighted by molar-refractivity contribution is 0.228. The summed E-state index contributed by atoms with van der Waals surface area (Å²) in [5, 5.41) is 3.75. The second kappa shape index (κ2) is 7.56. The third-order valence-corrected chi connectivity index (χ3v) is 4.34. The van der Waals surface area contributed by atoms with Crippen LogP contribution in [0.25, 0.3) is 0 Å². The van der Waals surface area contributed by atoms with E-state index in [4.69, 9.17) is 0 Å². The predicted molar refractivity (Wildman–Crippen MR) is 71.6 cm³/mol. The Balaban J connectivity index is 2.08. The molecule has 0 saturated heterocycles. The van der Waals surface area contributed by atoms with Gasteiger partial charge in [-0.05, 0) is 56.1 Å². The van der Waals surface area contributed by atoms with Crippen LogP contribution in [0.4, 0.5) is 0 Å². The van der Waals surface area contributed by atoms with Gasteiger partial charge in [0.25, 0.3) is 0 Å². The van der Waals surface area contributed by atoms with Gasteiger partial charge in [-0.3, -0.25) is 0 Å². The maximum absolute atomic E-state index is 3.75. The molecule has 0 aromatic rings. The first-order valence-electron chi connectivity index (χ1n) is 6.46. The average molecular weight is 229 g/mol. The fraction of sp³-hybridized carbons (Fsp3) is 1.00. The van der Waals surface area contributed by atoms with Crippen LogP contribution in [0.15, 0.2) is 0 Å². The highest BCUT2D eigenvalue weighted by Gasteiger charge is 2.24. The number of hydrogen-bond acceptors (Lipinski definition) is 2. The van der Waals surface area contributed by atoms with E-state index in [1.165, 1.54) is 44.4 Å². The Labute approximate surface area is 99.8 Å². The van der Waals surface area contributed by atoms with Crippen molar-refractivity contribution in [3.63, 3.8) is 0 Å². The largest absolute Gasteiger partial charge is 0.314 e. The molecule has 1 nitrogen and oxygen atoms in total. The number of unbranched alkanes of at least 4 members (excludes halogenated alkanes) is 1. The van der Waals surface area contributed by atoms with E-state index in [0.29, 0.717) is 0 Å². The van der Waals surface area contributed by atoms with E-state index in [-0.39, 0.29) is 0 Å². The van der Waals surface area contributed by atoms with Gasteiger partial charge in [-0.2, -0.15) is 11.8 Å². The lowest BCUT2D eigenvalue weighted by Crippen LogP contribution is -2.39. The molecule has 0 aromatic carbocycles. The van der Waals surface area contributed by atoms with Gasteiger partial charge < -0.3 is 5.32 Å². The van der Waals surface area contributed by atoms with Crippen LogP contribution in [0.5, 0.6) is 0 Å². The van der Waals surface area contributed by atoms with Crippen LogP contribution in [0.3, 0.4) is 0 Å². The van der Waals surface area contributed by atoms with E-state index in [9.17, 15) is 0 Å². The lowest BCUT2D eigenvalue weighted by atomic mass is 9.80. The Hall–Kier alpha value is 0.310. The first-order valence-corrected chi connectivity index (χ1v) is 7.85. The highest BCUT2D eigenvalue weighted by molar-refractivity contribution is 7.98. The summed E-state index contributed by atoms with van der Waals surface area (Å²) in [7, 11) is 0. The molecule has 0 aliphatic heterocycles. The van der Waals surface area contributed by atoms with Crippen LogP contribution in [0.2, 0.25) is 0 Å². The van der Waals surface area contributed by atoms with Crippen molar-refractivity contribution in [3.05, 3.63) is 0 Å². The molecule has 1 saturated carbocycles. The molecule has 0 aromatic heterocycles. The summed E-state index contributed by atoms with van der Waals surface area (Å²) >= 11 is 1.96. The fourth-order valence-electron chi connectivity index (χ4n) is 2.48. The SMILES string of the molecule is CSCCCCNC1CC(C)CCC1C. The molecule has 15 heavy (non-hydrogen) atoms. The molecule has 1 N–H and O–H groups in total. The molecule has 0 heterocycles. The second-order valence-corrected chi connectivity index (χ2v) is 6.14. The van der Waals surface area contributed by atoms with Crippen molar-refractivity contribution in [3.8, 4) is 0 Å². The minimum Gasteiger partial charge on any atom is -0.314 e. The quantitative estimate of drug-likeness (QED) is 0.699. The van der Waals surface area contributed by atoms with Crippen molar-refractivity contribution < 1.29 is 0 Å². The lowest BCUT2D eigenvalue weighted by Gasteiger charge is -2.33. The van der Waals surface area contributed by atoms with E-state index in [2.05, 4.69) is 25.4 Å². The zero-order valence-corrected chi connectivity index (χ0v) is 11.4. The van der Waals surface area contributed by atoms with E-state index < -0.39 is 0 Å². The van der Waals surface area contributed by atoms with Crippen LogP contribution >= 0.6 is 11.8 Å². The molecular weight excluding hydrogens is 202 g/mol. The Morgan fingerprint density at radius 1 is 1.20 bits per heavy atom. The highest BCUT2D eigenvalue weighted by Crippen LogP contribution is 2.28. The van der Waals surface area contributed by atoms with Gasteiger partial charge in [0.15, 0.2) is 0 Å². The number of nitrogens with one attached hydrogen (secondary N) is 1. The van der Waals surface area contributed by atoms with E-state index in [1.807, 2.05) is 11.8 Å². The zero-order chi connectivity index (χ0) is 11.1. The van der Waals surface area contributed by atoms with Crippen molar-refractivity contribution in [1.82, 2.24) is 5.32 Å². The van der Waals surface area contributed by atoms with Gasteiger partial charge in [0, 0.05) is 6.04 Å². The Morgan fingerprint density at radius 3 is 2.73 bits per heavy atom. The first-order chi connectivity index (χ1) is 7.24. The molecule has 2 heteroatoms. The van der Waals surface area contributed by atoms with Gasteiger partial charge in [-0.15, -0.1) is 0 Å². The highest BCUT2D eigenvalue weighted by atomic mass is 32.2. The van der Waals surface area contributed by atoms with Crippen LogP contribution in [-0.4, -0.2) is 24.6 Å². The second-order valence-electron chi connectivity index (χ2n) is 5.16. The van der Waals surface area contributed by atoms with Gasteiger partial charge >= 0.3 is 0 Å². The molecule has 0 spiro atoms. The molecule has 1 aliphatic rings. The predicted octanol–water partition coefficient (Wildman–Crippen LogP) is 3.54. The third-order valence-electron chi connectivity index (χ3n) is 3.64. The summed E-state index contributed by atoms with van der Waals surface area (Å²) in [5.74, 6) is 3.14. The van der Waals surface area contributed by atoms with Crippen molar-refractivity contribution in [2.45, 2.75) is 52.0 Å².